The average Bonchev–Trinajstić information content (AvgIpc) is 3.02. The van der Waals surface area contributed by atoms with Crippen LogP contribution in [0.4, 0.5) is 4.39 Å². The Hall–Kier alpha value is -0.540. The van der Waals surface area contributed by atoms with Gasteiger partial charge in [-0.1, -0.05) is 18.2 Å². The molecule has 1 aliphatic carbocycles. The third-order valence-electron chi connectivity index (χ3n) is 2.92. The van der Waals surface area contributed by atoms with Gasteiger partial charge in [0.15, 0.2) is 0 Å². The summed E-state index contributed by atoms with van der Waals surface area (Å²) in [5.41, 5.74) is 0.918. The van der Waals surface area contributed by atoms with Gasteiger partial charge in [-0.05, 0) is 24.7 Å². The van der Waals surface area contributed by atoms with Gasteiger partial charge in [-0.2, -0.15) is 12.6 Å². The Kier molecular flexibility index (Phi) is 3.32. The minimum absolute atomic E-state index is 0.187. The van der Waals surface area contributed by atoms with E-state index in [0.29, 0.717) is 18.8 Å². The monoisotopic (exact) mass is 226 g/mol. The molecule has 0 atom stereocenters. The standard InChI is InChI=1S/C12H15FOS/c13-11-4-2-1-3-10(11)7-14-8-12(9-15)5-6-12/h1-4,15H,5-9H2. The summed E-state index contributed by atoms with van der Waals surface area (Å²) in [5, 5.41) is 0. The zero-order valence-electron chi connectivity index (χ0n) is 8.58. The zero-order chi connectivity index (χ0) is 10.7. The molecule has 0 unspecified atom stereocenters. The lowest BCUT2D eigenvalue weighted by Crippen LogP contribution is -2.12. The van der Waals surface area contributed by atoms with Gasteiger partial charge in [-0.25, -0.2) is 4.39 Å². The maximum absolute atomic E-state index is 13.2. The SMILES string of the molecule is Fc1ccccc1COCC1(CS)CC1. The van der Waals surface area contributed by atoms with Crippen molar-refractivity contribution in [1.82, 2.24) is 0 Å². The van der Waals surface area contributed by atoms with Gasteiger partial charge in [0.05, 0.1) is 13.2 Å². The highest BCUT2D eigenvalue weighted by atomic mass is 32.1. The lowest BCUT2D eigenvalue weighted by molar-refractivity contribution is 0.0839. The molecule has 15 heavy (non-hydrogen) atoms. The zero-order valence-corrected chi connectivity index (χ0v) is 9.47. The largest absolute Gasteiger partial charge is 0.376 e. The van der Waals surface area contributed by atoms with E-state index in [1.807, 2.05) is 6.07 Å². The third-order valence-corrected chi connectivity index (χ3v) is 3.59. The van der Waals surface area contributed by atoms with Gasteiger partial charge in [0.2, 0.25) is 0 Å². The molecule has 0 N–H and O–H groups in total. The first kappa shape index (κ1) is 11.0. The fourth-order valence-electron chi connectivity index (χ4n) is 1.52. The van der Waals surface area contributed by atoms with E-state index in [1.54, 1.807) is 12.1 Å². The van der Waals surface area contributed by atoms with Gasteiger partial charge in [0.1, 0.15) is 5.82 Å². The molecule has 0 bridgehead atoms. The van der Waals surface area contributed by atoms with Crippen molar-refractivity contribution in [3.8, 4) is 0 Å². The van der Waals surface area contributed by atoms with E-state index in [1.165, 1.54) is 18.9 Å². The van der Waals surface area contributed by atoms with Gasteiger partial charge < -0.3 is 4.74 Å². The molecule has 0 spiro atoms. The second-order valence-electron chi connectivity index (χ2n) is 4.24. The molecule has 1 fully saturated rings. The summed E-state index contributed by atoms with van der Waals surface area (Å²) in [4.78, 5) is 0. The molecule has 1 aromatic carbocycles. The van der Waals surface area contributed by atoms with Crippen molar-refractivity contribution in [3.05, 3.63) is 35.6 Å². The van der Waals surface area contributed by atoms with Crippen LogP contribution in [0.3, 0.4) is 0 Å². The summed E-state index contributed by atoms with van der Waals surface area (Å²) < 4.78 is 18.7. The van der Waals surface area contributed by atoms with E-state index in [0.717, 1.165) is 5.75 Å². The van der Waals surface area contributed by atoms with E-state index in [-0.39, 0.29) is 11.2 Å². The average molecular weight is 226 g/mol. The van der Waals surface area contributed by atoms with Crippen LogP contribution in [0.25, 0.3) is 0 Å². The van der Waals surface area contributed by atoms with E-state index in [2.05, 4.69) is 12.6 Å². The molecule has 1 nitrogen and oxygen atoms in total. The first-order chi connectivity index (χ1) is 7.26. The number of hydrogen-bond donors (Lipinski definition) is 1. The molecular weight excluding hydrogens is 211 g/mol. The van der Waals surface area contributed by atoms with Crippen LogP contribution in [0.1, 0.15) is 18.4 Å². The molecule has 2 rings (SSSR count). The molecule has 0 heterocycles. The van der Waals surface area contributed by atoms with Crippen LogP contribution in [-0.4, -0.2) is 12.4 Å². The maximum atomic E-state index is 13.2. The second kappa shape index (κ2) is 4.54. The lowest BCUT2D eigenvalue weighted by atomic mass is 10.1. The van der Waals surface area contributed by atoms with Gasteiger partial charge in [0.25, 0.3) is 0 Å². The van der Waals surface area contributed by atoms with Gasteiger partial charge >= 0.3 is 0 Å². The van der Waals surface area contributed by atoms with Gasteiger partial charge in [0, 0.05) is 11.0 Å². The van der Waals surface area contributed by atoms with Crippen molar-refractivity contribution in [3.63, 3.8) is 0 Å². The highest BCUT2D eigenvalue weighted by molar-refractivity contribution is 7.80. The summed E-state index contributed by atoms with van der Waals surface area (Å²) in [6, 6.07) is 6.74. The molecule has 82 valence electrons. The molecule has 0 aliphatic heterocycles. The molecule has 1 saturated carbocycles. The second-order valence-corrected chi connectivity index (χ2v) is 4.56. The summed E-state index contributed by atoms with van der Waals surface area (Å²) >= 11 is 4.29. The first-order valence-electron chi connectivity index (χ1n) is 5.18. The fraction of sp³-hybridized carbons (Fsp3) is 0.500. The smallest absolute Gasteiger partial charge is 0.128 e. The molecular formula is C12H15FOS. The Balaban J connectivity index is 1.81. The van der Waals surface area contributed by atoms with E-state index in [4.69, 9.17) is 4.74 Å². The first-order valence-corrected chi connectivity index (χ1v) is 5.81. The molecule has 0 saturated heterocycles. The quantitative estimate of drug-likeness (QED) is 0.759. The molecule has 1 aliphatic rings. The number of thiol groups is 1. The number of hydrogen-bond acceptors (Lipinski definition) is 2. The van der Waals surface area contributed by atoms with Crippen molar-refractivity contribution in [2.75, 3.05) is 12.4 Å². The summed E-state index contributed by atoms with van der Waals surface area (Å²) in [5.74, 6) is 0.679. The highest BCUT2D eigenvalue weighted by Gasteiger charge is 2.41. The molecule has 3 heteroatoms. The van der Waals surface area contributed by atoms with Crippen LogP contribution < -0.4 is 0 Å². The van der Waals surface area contributed by atoms with Crippen molar-refractivity contribution < 1.29 is 9.13 Å². The van der Waals surface area contributed by atoms with Crippen LogP contribution in [-0.2, 0) is 11.3 Å². The van der Waals surface area contributed by atoms with Crippen LogP contribution in [0.5, 0.6) is 0 Å². The Bertz CT molecular complexity index is 336. The number of rotatable bonds is 5. The van der Waals surface area contributed by atoms with Crippen molar-refractivity contribution in [2.45, 2.75) is 19.4 Å². The fourth-order valence-corrected chi connectivity index (χ4v) is 1.93. The van der Waals surface area contributed by atoms with E-state index < -0.39 is 0 Å². The van der Waals surface area contributed by atoms with Gasteiger partial charge in [-0.15, -0.1) is 0 Å². The Morgan fingerprint density at radius 1 is 1.33 bits per heavy atom. The van der Waals surface area contributed by atoms with E-state index >= 15 is 0 Å². The number of halogens is 1. The molecule has 0 aromatic heterocycles. The topological polar surface area (TPSA) is 9.23 Å². The third kappa shape index (κ3) is 2.73. The summed E-state index contributed by atoms with van der Waals surface area (Å²) in [7, 11) is 0. The van der Waals surface area contributed by atoms with Crippen LogP contribution in [0.15, 0.2) is 24.3 Å². The Morgan fingerprint density at radius 2 is 2.07 bits per heavy atom. The van der Waals surface area contributed by atoms with Crippen LogP contribution in [0.2, 0.25) is 0 Å². The van der Waals surface area contributed by atoms with E-state index in [9.17, 15) is 4.39 Å². The predicted molar refractivity (Wildman–Crippen MR) is 61.6 cm³/mol. The van der Waals surface area contributed by atoms with Crippen LogP contribution >= 0.6 is 12.6 Å². The Morgan fingerprint density at radius 3 is 2.67 bits per heavy atom. The summed E-state index contributed by atoms with van der Waals surface area (Å²) in [6.07, 6.45) is 2.38. The molecule has 1 aromatic rings. The highest BCUT2D eigenvalue weighted by Crippen LogP contribution is 2.46. The lowest BCUT2D eigenvalue weighted by Gasteiger charge is -2.12. The van der Waals surface area contributed by atoms with Crippen molar-refractivity contribution in [1.29, 1.82) is 0 Å². The minimum atomic E-state index is -0.187. The summed E-state index contributed by atoms with van der Waals surface area (Å²) in [6.45, 7) is 1.06. The van der Waals surface area contributed by atoms with Crippen molar-refractivity contribution >= 4 is 12.6 Å². The predicted octanol–water partition coefficient (Wildman–Crippen LogP) is 3.05. The molecule has 0 amide bonds. The van der Waals surface area contributed by atoms with Crippen molar-refractivity contribution in [2.24, 2.45) is 5.41 Å². The number of benzene rings is 1. The normalized spacial score (nSPS) is 17.7. The maximum Gasteiger partial charge on any atom is 0.128 e. The molecule has 0 radical (unpaired) electrons. The number of ether oxygens (including phenoxy) is 1. The van der Waals surface area contributed by atoms with Crippen LogP contribution in [0, 0.1) is 11.2 Å². The minimum Gasteiger partial charge on any atom is -0.376 e. The van der Waals surface area contributed by atoms with Gasteiger partial charge in [-0.3, -0.25) is 0 Å². The Labute approximate surface area is 95.0 Å².